The number of amides is 1. The lowest BCUT2D eigenvalue weighted by atomic mass is 9.64. The topological polar surface area (TPSA) is 75.3 Å². The molecule has 1 saturated carbocycles. The minimum Gasteiger partial charge on any atom is -0.354 e. The van der Waals surface area contributed by atoms with Crippen molar-refractivity contribution in [2.24, 2.45) is 0 Å². The summed E-state index contributed by atoms with van der Waals surface area (Å²) in [5.41, 5.74) is 0.617. The van der Waals surface area contributed by atoms with E-state index in [9.17, 15) is 13.2 Å². The lowest BCUT2D eigenvalue weighted by molar-refractivity contribution is -0.129. The Morgan fingerprint density at radius 1 is 1.20 bits per heavy atom. The Morgan fingerprint density at radius 2 is 1.85 bits per heavy atom. The number of carbonyl (C=O) groups is 1. The monoisotopic (exact) mass is 296 g/mol. The third-order valence-corrected chi connectivity index (χ3v) is 4.47. The van der Waals surface area contributed by atoms with Crippen molar-refractivity contribution in [2.75, 3.05) is 19.3 Å². The van der Waals surface area contributed by atoms with Crippen LogP contribution < -0.4 is 10.0 Å². The third kappa shape index (κ3) is 3.37. The van der Waals surface area contributed by atoms with Crippen LogP contribution in [-0.4, -0.2) is 33.7 Å². The number of sulfonamides is 1. The van der Waals surface area contributed by atoms with E-state index in [0.717, 1.165) is 31.1 Å². The molecule has 2 rings (SSSR count). The Bertz CT molecular complexity index is 565. The van der Waals surface area contributed by atoms with Crippen molar-refractivity contribution in [3.05, 3.63) is 35.9 Å². The summed E-state index contributed by atoms with van der Waals surface area (Å²) in [7, 11) is -3.20. The molecule has 0 aromatic heterocycles. The van der Waals surface area contributed by atoms with Crippen LogP contribution >= 0.6 is 0 Å². The molecule has 1 fully saturated rings. The van der Waals surface area contributed by atoms with E-state index in [0.29, 0.717) is 6.54 Å². The van der Waals surface area contributed by atoms with Gasteiger partial charge >= 0.3 is 0 Å². The zero-order valence-corrected chi connectivity index (χ0v) is 12.4. The zero-order chi connectivity index (χ0) is 14.6. The smallest absolute Gasteiger partial charge is 0.230 e. The van der Waals surface area contributed by atoms with Crippen molar-refractivity contribution in [2.45, 2.75) is 24.7 Å². The van der Waals surface area contributed by atoms with Crippen molar-refractivity contribution >= 4 is 15.9 Å². The Balaban J connectivity index is 1.94. The Labute approximate surface area is 119 Å². The first-order valence-corrected chi connectivity index (χ1v) is 8.62. The summed E-state index contributed by atoms with van der Waals surface area (Å²) in [4.78, 5) is 12.4. The van der Waals surface area contributed by atoms with E-state index in [4.69, 9.17) is 0 Å². The van der Waals surface area contributed by atoms with E-state index in [2.05, 4.69) is 10.0 Å². The summed E-state index contributed by atoms with van der Waals surface area (Å²) >= 11 is 0. The predicted octanol–water partition coefficient (Wildman–Crippen LogP) is 0.774. The second-order valence-corrected chi connectivity index (χ2v) is 7.06. The highest BCUT2D eigenvalue weighted by molar-refractivity contribution is 7.88. The number of benzene rings is 1. The number of hydrogen-bond donors (Lipinski definition) is 2. The normalized spacial score (nSPS) is 17.2. The zero-order valence-electron chi connectivity index (χ0n) is 11.6. The fourth-order valence-electron chi connectivity index (χ4n) is 2.52. The maximum absolute atomic E-state index is 12.4. The number of rotatable bonds is 6. The molecular formula is C14H20N2O3S. The number of hydrogen-bond acceptors (Lipinski definition) is 3. The van der Waals surface area contributed by atoms with Crippen molar-refractivity contribution < 1.29 is 13.2 Å². The quantitative estimate of drug-likeness (QED) is 0.762. The molecule has 0 bridgehead atoms. The minimum absolute atomic E-state index is 0.00903. The van der Waals surface area contributed by atoms with Gasteiger partial charge in [-0.3, -0.25) is 4.79 Å². The van der Waals surface area contributed by atoms with Crippen molar-refractivity contribution in [1.82, 2.24) is 10.0 Å². The van der Waals surface area contributed by atoms with Crippen LogP contribution in [0.3, 0.4) is 0 Å². The van der Waals surface area contributed by atoms with Crippen LogP contribution in [0.15, 0.2) is 30.3 Å². The van der Waals surface area contributed by atoms with E-state index in [1.807, 2.05) is 30.3 Å². The van der Waals surface area contributed by atoms with Gasteiger partial charge < -0.3 is 5.32 Å². The van der Waals surface area contributed by atoms with Gasteiger partial charge in [-0.2, -0.15) is 0 Å². The molecule has 0 atom stereocenters. The van der Waals surface area contributed by atoms with Gasteiger partial charge in [0.2, 0.25) is 15.9 Å². The van der Waals surface area contributed by atoms with Gasteiger partial charge in [-0.15, -0.1) is 0 Å². The molecule has 1 aliphatic carbocycles. The summed E-state index contributed by atoms with van der Waals surface area (Å²) in [5, 5.41) is 2.83. The standard InChI is InChI=1S/C14H20N2O3S/c1-20(18,19)16-11-10-15-13(17)14(8-5-9-14)12-6-3-2-4-7-12/h2-4,6-7,16H,5,8-11H2,1H3,(H,15,17). The fraction of sp³-hybridized carbons (Fsp3) is 0.500. The van der Waals surface area contributed by atoms with E-state index in [-0.39, 0.29) is 12.5 Å². The molecule has 0 heterocycles. The molecule has 6 heteroatoms. The van der Waals surface area contributed by atoms with Gasteiger partial charge in [0.15, 0.2) is 0 Å². The van der Waals surface area contributed by atoms with E-state index >= 15 is 0 Å². The van der Waals surface area contributed by atoms with Gasteiger partial charge in [0, 0.05) is 13.1 Å². The molecule has 1 aromatic rings. The molecule has 1 aliphatic rings. The van der Waals surface area contributed by atoms with Gasteiger partial charge in [0.25, 0.3) is 0 Å². The highest BCUT2D eigenvalue weighted by Gasteiger charge is 2.45. The van der Waals surface area contributed by atoms with Gasteiger partial charge in [-0.05, 0) is 18.4 Å². The van der Waals surface area contributed by atoms with Gasteiger partial charge in [0.05, 0.1) is 11.7 Å². The molecule has 0 saturated heterocycles. The molecule has 1 amide bonds. The van der Waals surface area contributed by atoms with Crippen LogP contribution in [0, 0.1) is 0 Å². The Morgan fingerprint density at radius 3 is 2.35 bits per heavy atom. The summed E-state index contributed by atoms with van der Waals surface area (Å²) in [6, 6.07) is 9.77. The lowest BCUT2D eigenvalue weighted by Gasteiger charge is -2.40. The molecule has 20 heavy (non-hydrogen) atoms. The second kappa shape index (κ2) is 5.93. The highest BCUT2D eigenvalue weighted by Crippen LogP contribution is 2.43. The van der Waals surface area contributed by atoms with Gasteiger partial charge in [-0.25, -0.2) is 13.1 Å². The highest BCUT2D eigenvalue weighted by atomic mass is 32.2. The Hall–Kier alpha value is -1.40. The molecule has 2 N–H and O–H groups in total. The summed E-state index contributed by atoms with van der Waals surface area (Å²) in [6.45, 7) is 0.524. The predicted molar refractivity (Wildman–Crippen MR) is 77.8 cm³/mol. The van der Waals surface area contributed by atoms with E-state index in [1.165, 1.54) is 0 Å². The first-order valence-electron chi connectivity index (χ1n) is 6.72. The molecule has 5 nitrogen and oxygen atoms in total. The maximum atomic E-state index is 12.4. The summed E-state index contributed by atoms with van der Waals surface area (Å²) < 4.78 is 24.2. The first-order chi connectivity index (χ1) is 9.44. The van der Waals surface area contributed by atoms with Crippen molar-refractivity contribution in [1.29, 1.82) is 0 Å². The maximum Gasteiger partial charge on any atom is 0.230 e. The minimum atomic E-state index is -3.20. The fourth-order valence-corrected chi connectivity index (χ4v) is 2.99. The van der Waals surface area contributed by atoms with Crippen LogP contribution in [0.25, 0.3) is 0 Å². The summed E-state index contributed by atoms with van der Waals surface area (Å²) in [6.07, 6.45) is 3.85. The van der Waals surface area contributed by atoms with Crippen molar-refractivity contribution in [3.8, 4) is 0 Å². The van der Waals surface area contributed by atoms with Crippen LogP contribution in [0.5, 0.6) is 0 Å². The second-order valence-electron chi connectivity index (χ2n) is 5.22. The number of nitrogens with one attached hydrogen (secondary N) is 2. The molecule has 1 aromatic carbocycles. The van der Waals surface area contributed by atoms with Gasteiger partial charge in [-0.1, -0.05) is 36.8 Å². The lowest BCUT2D eigenvalue weighted by Crippen LogP contribution is -2.50. The summed E-state index contributed by atoms with van der Waals surface area (Å²) in [5.74, 6) is -0.00903. The molecule has 0 spiro atoms. The average Bonchev–Trinajstić information content (AvgIpc) is 2.33. The SMILES string of the molecule is CS(=O)(=O)NCCNC(=O)C1(c2ccccc2)CCC1. The Kier molecular flexibility index (Phi) is 4.45. The molecule has 110 valence electrons. The molecule has 0 aliphatic heterocycles. The molecule has 0 unspecified atom stereocenters. The van der Waals surface area contributed by atoms with Crippen molar-refractivity contribution in [3.63, 3.8) is 0 Å². The van der Waals surface area contributed by atoms with Crippen LogP contribution in [0.4, 0.5) is 0 Å². The number of carbonyl (C=O) groups excluding carboxylic acids is 1. The van der Waals surface area contributed by atoms with Gasteiger partial charge in [0.1, 0.15) is 0 Å². The first kappa shape index (κ1) is 15.0. The van der Waals surface area contributed by atoms with E-state index < -0.39 is 15.4 Å². The van der Waals surface area contributed by atoms with Crippen LogP contribution in [0.2, 0.25) is 0 Å². The molecular weight excluding hydrogens is 276 g/mol. The molecule has 0 radical (unpaired) electrons. The third-order valence-electron chi connectivity index (χ3n) is 3.74. The van der Waals surface area contributed by atoms with E-state index in [1.54, 1.807) is 0 Å². The average molecular weight is 296 g/mol. The van der Waals surface area contributed by atoms with Crippen LogP contribution in [-0.2, 0) is 20.2 Å². The largest absolute Gasteiger partial charge is 0.354 e. The van der Waals surface area contributed by atoms with Crippen LogP contribution in [0.1, 0.15) is 24.8 Å².